The Bertz CT molecular complexity index is 511. The van der Waals surface area contributed by atoms with E-state index < -0.39 is 0 Å². The molecule has 0 saturated carbocycles. The molecular weight excluding hydrogens is 256 g/mol. The lowest BCUT2D eigenvalue weighted by Gasteiger charge is -2.31. The van der Waals surface area contributed by atoms with E-state index in [2.05, 4.69) is 27.2 Å². The predicted molar refractivity (Wildman–Crippen MR) is 80.3 cm³/mol. The third kappa shape index (κ3) is 2.82. The second-order valence-electron chi connectivity index (χ2n) is 5.77. The Balaban J connectivity index is 1.99. The number of hydrogen-bond acceptors (Lipinski definition) is 4. The van der Waals surface area contributed by atoms with Crippen LogP contribution in [0.1, 0.15) is 42.9 Å². The number of fused-ring (bicyclic) bond motifs is 1. The molecule has 2 aliphatic rings. The molecule has 0 radical (unpaired) electrons. The van der Waals surface area contributed by atoms with Crippen LogP contribution in [0, 0.1) is 4.77 Å². The van der Waals surface area contributed by atoms with Gasteiger partial charge in [0.25, 0.3) is 0 Å². The zero-order valence-electron chi connectivity index (χ0n) is 11.5. The highest BCUT2D eigenvalue weighted by molar-refractivity contribution is 7.71. The predicted octanol–water partition coefficient (Wildman–Crippen LogP) is 2.70. The lowest BCUT2D eigenvalue weighted by molar-refractivity contribution is 0.247. The minimum atomic E-state index is 0.581. The van der Waals surface area contributed by atoms with Gasteiger partial charge in [0.05, 0.1) is 0 Å². The summed E-state index contributed by atoms with van der Waals surface area (Å²) in [5.74, 6) is 1.61. The van der Waals surface area contributed by atoms with Gasteiger partial charge in [-0.1, -0.05) is 0 Å². The van der Waals surface area contributed by atoms with Gasteiger partial charge in [-0.15, -0.1) is 0 Å². The van der Waals surface area contributed by atoms with Gasteiger partial charge in [-0.05, 0) is 57.9 Å². The minimum Gasteiger partial charge on any atom is -0.370 e. The van der Waals surface area contributed by atoms with Crippen molar-refractivity contribution in [1.29, 1.82) is 0 Å². The monoisotopic (exact) mass is 278 g/mol. The molecule has 0 spiro atoms. The molecule has 1 saturated heterocycles. The summed E-state index contributed by atoms with van der Waals surface area (Å²) in [6, 6.07) is 0. The molecule has 1 unspecified atom stereocenters. The Morgan fingerprint density at radius 3 is 3.05 bits per heavy atom. The number of likely N-dealkylation sites (N-methyl/N-ethyl adjacent to an activating group) is 1. The number of aromatic nitrogens is 2. The Hall–Kier alpha value is -0.940. The molecular formula is C14H22N4S. The Morgan fingerprint density at radius 1 is 1.32 bits per heavy atom. The van der Waals surface area contributed by atoms with E-state index in [1.54, 1.807) is 0 Å². The summed E-state index contributed by atoms with van der Waals surface area (Å²) in [6.45, 7) is 3.35. The quantitative estimate of drug-likeness (QED) is 0.775. The molecule has 19 heavy (non-hydrogen) atoms. The molecule has 2 N–H and O–H groups in total. The molecule has 1 aromatic heterocycles. The maximum atomic E-state index is 5.31. The Kier molecular flexibility index (Phi) is 3.84. The van der Waals surface area contributed by atoms with Crippen LogP contribution in [0.3, 0.4) is 0 Å². The fourth-order valence-corrected chi connectivity index (χ4v) is 3.50. The highest BCUT2D eigenvalue weighted by atomic mass is 32.1. The first-order chi connectivity index (χ1) is 9.24. The molecule has 4 nitrogen and oxygen atoms in total. The van der Waals surface area contributed by atoms with E-state index in [0.717, 1.165) is 25.3 Å². The van der Waals surface area contributed by atoms with Crippen molar-refractivity contribution in [3.8, 4) is 0 Å². The summed E-state index contributed by atoms with van der Waals surface area (Å²) in [6.07, 6.45) is 6.10. The first-order valence-corrected chi connectivity index (χ1v) is 7.70. The van der Waals surface area contributed by atoms with Gasteiger partial charge < -0.3 is 15.2 Å². The second-order valence-corrected chi connectivity index (χ2v) is 6.15. The molecule has 1 atom stereocenters. The van der Waals surface area contributed by atoms with Gasteiger partial charge in [0, 0.05) is 30.3 Å². The molecule has 5 heteroatoms. The molecule has 2 aliphatic heterocycles. The second kappa shape index (κ2) is 5.59. The van der Waals surface area contributed by atoms with E-state index >= 15 is 0 Å². The van der Waals surface area contributed by atoms with Gasteiger partial charge in [-0.2, -0.15) is 0 Å². The average molecular weight is 278 g/mol. The third-order valence-corrected chi connectivity index (χ3v) is 4.44. The SMILES string of the molecule is CN1CCCC(c2[nH]c(=S)nc3c2CCCCN3)C1. The highest BCUT2D eigenvalue weighted by Crippen LogP contribution is 2.31. The van der Waals surface area contributed by atoms with Crippen LogP contribution in [-0.4, -0.2) is 41.5 Å². The van der Waals surface area contributed by atoms with Gasteiger partial charge in [0.2, 0.25) is 0 Å². The van der Waals surface area contributed by atoms with Crippen LogP contribution in [0.5, 0.6) is 0 Å². The fourth-order valence-electron chi connectivity index (χ4n) is 3.30. The zero-order valence-corrected chi connectivity index (χ0v) is 12.4. The van der Waals surface area contributed by atoms with Gasteiger partial charge in [0.1, 0.15) is 5.82 Å². The maximum absolute atomic E-state index is 5.31. The van der Waals surface area contributed by atoms with Gasteiger partial charge in [0.15, 0.2) is 4.77 Å². The number of aromatic amines is 1. The zero-order chi connectivity index (χ0) is 13.2. The average Bonchev–Trinajstić information content (AvgIpc) is 2.63. The van der Waals surface area contributed by atoms with E-state index in [0.29, 0.717) is 10.7 Å². The molecule has 3 rings (SSSR count). The number of rotatable bonds is 1. The normalized spacial score (nSPS) is 24.4. The Morgan fingerprint density at radius 2 is 2.21 bits per heavy atom. The topological polar surface area (TPSA) is 44.0 Å². The van der Waals surface area contributed by atoms with Crippen molar-refractivity contribution in [3.05, 3.63) is 16.0 Å². The summed E-state index contributed by atoms with van der Waals surface area (Å²) in [5, 5.41) is 3.45. The largest absolute Gasteiger partial charge is 0.370 e. The molecule has 1 fully saturated rings. The van der Waals surface area contributed by atoms with Crippen LogP contribution >= 0.6 is 12.2 Å². The standard InChI is InChI=1S/C14H22N4S/c1-18-8-4-5-10(9-18)12-11-6-2-3-7-15-13(11)17-14(19)16-12/h10H,2-9H2,1H3,(H2,15,16,17,19). The molecule has 0 amide bonds. The fraction of sp³-hybridized carbons (Fsp3) is 0.714. The number of piperidine rings is 1. The third-order valence-electron chi connectivity index (χ3n) is 4.24. The maximum Gasteiger partial charge on any atom is 0.198 e. The van der Waals surface area contributed by atoms with Crippen LogP contribution in [0.25, 0.3) is 0 Å². The van der Waals surface area contributed by atoms with E-state index in [1.165, 1.54) is 43.5 Å². The van der Waals surface area contributed by atoms with Gasteiger partial charge >= 0.3 is 0 Å². The van der Waals surface area contributed by atoms with Gasteiger partial charge in [-0.25, -0.2) is 4.98 Å². The van der Waals surface area contributed by atoms with Crippen molar-refractivity contribution >= 4 is 18.0 Å². The summed E-state index contributed by atoms with van der Waals surface area (Å²) in [4.78, 5) is 10.3. The van der Waals surface area contributed by atoms with Crippen LogP contribution in [0.4, 0.5) is 5.82 Å². The number of nitrogens with one attached hydrogen (secondary N) is 2. The summed E-state index contributed by atoms with van der Waals surface area (Å²) in [5.41, 5.74) is 2.72. The van der Waals surface area contributed by atoms with Crippen LogP contribution in [-0.2, 0) is 6.42 Å². The van der Waals surface area contributed by atoms with E-state index in [1.807, 2.05) is 0 Å². The first kappa shape index (κ1) is 13.1. The number of likely N-dealkylation sites (tertiary alicyclic amines) is 1. The van der Waals surface area contributed by atoms with E-state index in [9.17, 15) is 0 Å². The van der Waals surface area contributed by atoms with Crippen molar-refractivity contribution in [2.75, 3.05) is 32.0 Å². The van der Waals surface area contributed by atoms with Gasteiger partial charge in [-0.3, -0.25) is 0 Å². The minimum absolute atomic E-state index is 0.581. The smallest absolute Gasteiger partial charge is 0.198 e. The van der Waals surface area contributed by atoms with Crippen molar-refractivity contribution in [2.24, 2.45) is 0 Å². The van der Waals surface area contributed by atoms with E-state index in [4.69, 9.17) is 12.2 Å². The van der Waals surface area contributed by atoms with Crippen molar-refractivity contribution in [2.45, 2.75) is 38.0 Å². The molecule has 104 valence electrons. The number of H-pyrrole nitrogens is 1. The Labute approximate surface area is 119 Å². The lowest BCUT2D eigenvalue weighted by Crippen LogP contribution is -2.32. The van der Waals surface area contributed by atoms with Crippen LogP contribution < -0.4 is 5.32 Å². The van der Waals surface area contributed by atoms with E-state index in [-0.39, 0.29) is 0 Å². The summed E-state index contributed by atoms with van der Waals surface area (Å²) >= 11 is 5.31. The molecule has 0 bridgehead atoms. The van der Waals surface area contributed by atoms with Crippen LogP contribution in [0.2, 0.25) is 0 Å². The molecule has 0 aromatic carbocycles. The van der Waals surface area contributed by atoms with Crippen molar-refractivity contribution in [3.63, 3.8) is 0 Å². The molecule has 1 aromatic rings. The number of nitrogens with zero attached hydrogens (tertiary/aromatic N) is 2. The first-order valence-electron chi connectivity index (χ1n) is 7.29. The van der Waals surface area contributed by atoms with Crippen LogP contribution in [0.15, 0.2) is 0 Å². The van der Waals surface area contributed by atoms with Crippen molar-refractivity contribution in [1.82, 2.24) is 14.9 Å². The molecule has 0 aliphatic carbocycles. The summed E-state index contributed by atoms with van der Waals surface area (Å²) < 4.78 is 0.622. The summed E-state index contributed by atoms with van der Waals surface area (Å²) in [7, 11) is 2.21. The number of anilines is 1. The van der Waals surface area contributed by atoms with Crippen molar-refractivity contribution < 1.29 is 0 Å². The highest BCUT2D eigenvalue weighted by Gasteiger charge is 2.24. The number of hydrogen-bond donors (Lipinski definition) is 2. The lowest BCUT2D eigenvalue weighted by atomic mass is 9.91. The molecule has 3 heterocycles.